The Labute approximate surface area is 127 Å². The SMILES string of the molecule is CCC1C(=O)Nc2c(sc3nc(C)cc(C)c23)C(=O)N1C. The third kappa shape index (κ3) is 2.01. The van der Waals surface area contributed by atoms with E-state index in [1.807, 2.05) is 26.8 Å². The van der Waals surface area contributed by atoms with E-state index in [9.17, 15) is 9.59 Å². The van der Waals surface area contributed by atoms with Crippen LogP contribution in [0, 0.1) is 13.8 Å². The molecule has 1 aliphatic heterocycles. The minimum Gasteiger partial charge on any atom is -0.329 e. The quantitative estimate of drug-likeness (QED) is 0.881. The van der Waals surface area contributed by atoms with Gasteiger partial charge in [-0.05, 0) is 31.9 Å². The van der Waals surface area contributed by atoms with Crippen LogP contribution in [0.5, 0.6) is 0 Å². The first kappa shape index (κ1) is 14.0. The van der Waals surface area contributed by atoms with Crippen LogP contribution in [0.1, 0.15) is 34.3 Å². The van der Waals surface area contributed by atoms with Crippen LogP contribution in [0.4, 0.5) is 5.69 Å². The van der Waals surface area contributed by atoms with Gasteiger partial charge in [-0.3, -0.25) is 9.59 Å². The Morgan fingerprint density at radius 3 is 2.76 bits per heavy atom. The Bertz CT molecular complexity index is 766. The Hall–Kier alpha value is -1.95. The van der Waals surface area contributed by atoms with Crippen molar-refractivity contribution in [2.24, 2.45) is 0 Å². The van der Waals surface area contributed by atoms with Gasteiger partial charge in [-0.1, -0.05) is 6.92 Å². The number of amides is 2. The molecule has 1 atom stereocenters. The van der Waals surface area contributed by atoms with E-state index in [0.29, 0.717) is 17.0 Å². The molecule has 3 rings (SSSR count). The predicted molar refractivity (Wildman–Crippen MR) is 83.9 cm³/mol. The van der Waals surface area contributed by atoms with Crippen molar-refractivity contribution in [2.45, 2.75) is 33.2 Å². The van der Waals surface area contributed by atoms with E-state index in [-0.39, 0.29) is 11.8 Å². The van der Waals surface area contributed by atoms with Crippen molar-refractivity contribution in [1.82, 2.24) is 9.88 Å². The van der Waals surface area contributed by atoms with Gasteiger partial charge in [0.05, 0.1) is 5.69 Å². The highest BCUT2D eigenvalue weighted by Crippen LogP contribution is 2.39. The summed E-state index contributed by atoms with van der Waals surface area (Å²) in [6.45, 7) is 5.81. The molecule has 2 aromatic rings. The summed E-state index contributed by atoms with van der Waals surface area (Å²) in [5.41, 5.74) is 2.56. The highest BCUT2D eigenvalue weighted by atomic mass is 32.1. The third-order valence-corrected chi connectivity index (χ3v) is 4.98. The van der Waals surface area contributed by atoms with E-state index in [1.54, 1.807) is 7.05 Å². The highest BCUT2D eigenvalue weighted by Gasteiger charge is 2.34. The van der Waals surface area contributed by atoms with Gasteiger partial charge in [-0.15, -0.1) is 11.3 Å². The second-order valence-electron chi connectivity index (χ2n) is 5.40. The number of hydrogen-bond acceptors (Lipinski definition) is 4. The summed E-state index contributed by atoms with van der Waals surface area (Å²) in [6, 6.07) is 1.54. The fourth-order valence-electron chi connectivity index (χ4n) is 2.85. The molecule has 5 nitrogen and oxygen atoms in total. The zero-order chi connectivity index (χ0) is 15.3. The number of aromatic nitrogens is 1. The lowest BCUT2D eigenvalue weighted by Crippen LogP contribution is -2.42. The van der Waals surface area contributed by atoms with Crippen LogP contribution in [0.2, 0.25) is 0 Å². The van der Waals surface area contributed by atoms with E-state index in [1.165, 1.54) is 16.2 Å². The lowest BCUT2D eigenvalue weighted by molar-refractivity contribution is -0.120. The maximum absolute atomic E-state index is 12.6. The van der Waals surface area contributed by atoms with Crippen LogP contribution < -0.4 is 5.32 Å². The van der Waals surface area contributed by atoms with Gasteiger partial charge in [0.15, 0.2) is 0 Å². The maximum Gasteiger partial charge on any atom is 0.266 e. The Kier molecular flexibility index (Phi) is 3.20. The van der Waals surface area contributed by atoms with Gasteiger partial charge >= 0.3 is 0 Å². The number of nitrogens with zero attached hydrogens (tertiary/aromatic N) is 2. The molecule has 2 aromatic heterocycles. The molecule has 2 amide bonds. The summed E-state index contributed by atoms with van der Waals surface area (Å²) in [7, 11) is 1.68. The first-order valence-corrected chi connectivity index (χ1v) is 7.74. The molecular formula is C15H17N3O2S. The van der Waals surface area contributed by atoms with E-state index in [0.717, 1.165) is 21.5 Å². The molecule has 1 N–H and O–H groups in total. The summed E-state index contributed by atoms with van der Waals surface area (Å²) in [4.78, 5) is 32.4. The zero-order valence-electron chi connectivity index (χ0n) is 12.5. The van der Waals surface area contributed by atoms with E-state index >= 15 is 0 Å². The Morgan fingerprint density at radius 2 is 2.10 bits per heavy atom. The second-order valence-corrected chi connectivity index (χ2v) is 6.40. The van der Waals surface area contributed by atoms with E-state index in [2.05, 4.69) is 10.3 Å². The average molecular weight is 303 g/mol. The number of anilines is 1. The first-order chi connectivity index (χ1) is 9.93. The van der Waals surface area contributed by atoms with Crippen molar-refractivity contribution in [3.05, 3.63) is 22.2 Å². The van der Waals surface area contributed by atoms with Crippen LogP contribution in [0.25, 0.3) is 10.2 Å². The normalized spacial score (nSPS) is 18.7. The monoisotopic (exact) mass is 303 g/mol. The van der Waals surface area contributed by atoms with Crippen molar-refractivity contribution in [3.63, 3.8) is 0 Å². The van der Waals surface area contributed by atoms with Crippen LogP contribution in [0.3, 0.4) is 0 Å². The molecular weight excluding hydrogens is 286 g/mol. The first-order valence-electron chi connectivity index (χ1n) is 6.92. The number of rotatable bonds is 1. The molecule has 1 aliphatic rings. The van der Waals surface area contributed by atoms with Crippen molar-refractivity contribution >= 4 is 39.1 Å². The molecule has 0 aromatic carbocycles. The van der Waals surface area contributed by atoms with E-state index < -0.39 is 6.04 Å². The smallest absolute Gasteiger partial charge is 0.266 e. The molecule has 0 fully saturated rings. The van der Waals surface area contributed by atoms with Crippen molar-refractivity contribution in [3.8, 4) is 0 Å². The molecule has 0 radical (unpaired) electrons. The van der Waals surface area contributed by atoms with Crippen LogP contribution >= 0.6 is 11.3 Å². The Balaban J connectivity index is 2.28. The molecule has 3 heterocycles. The van der Waals surface area contributed by atoms with Crippen LogP contribution in [-0.4, -0.2) is 34.8 Å². The number of carbonyl (C=O) groups excluding carboxylic acids is 2. The molecule has 110 valence electrons. The van der Waals surface area contributed by atoms with Gasteiger partial charge in [0.1, 0.15) is 15.7 Å². The van der Waals surface area contributed by atoms with Crippen LogP contribution in [-0.2, 0) is 4.79 Å². The van der Waals surface area contributed by atoms with Crippen molar-refractivity contribution < 1.29 is 9.59 Å². The maximum atomic E-state index is 12.6. The number of pyridine rings is 1. The summed E-state index contributed by atoms with van der Waals surface area (Å²) < 4.78 is 0. The topological polar surface area (TPSA) is 62.3 Å². The van der Waals surface area contributed by atoms with Crippen molar-refractivity contribution in [2.75, 3.05) is 12.4 Å². The highest BCUT2D eigenvalue weighted by molar-refractivity contribution is 7.21. The summed E-state index contributed by atoms with van der Waals surface area (Å²) in [6.07, 6.45) is 0.595. The standard InChI is InChI=1S/C15H17N3O2S/c1-5-9-13(19)17-11-10-7(2)6-8(3)16-14(10)21-12(11)15(20)18(9)4/h6,9H,5H2,1-4H3,(H,17,19). The number of nitrogens with one attached hydrogen (secondary N) is 1. The lowest BCUT2D eigenvalue weighted by Gasteiger charge is -2.22. The fraction of sp³-hybridized carbons (Fsp3) is 0.400. The lowest BCUT2D eigenvalue weighted by atomic mass is 10.1. The zero-order valence-corrected chi connectivity index (χ0v) is 13.3. The molecule has 0 aliphatic carbocycles. The number of fused-ring (bicyclic) bond motifs is 3. The predicted octanol–water partition coefficient (Wildman–Crippen LogP) is 2.72. The van der Waals surface area contributed by atoms with Crippen molar-refractivity contribution in [1.29, 1.82) is 0 Å². The van der Waals surface area contributed by atoms with Crippen LogP contribution in [0.15, 0.2) is 6.07 Å². The van der Waals surface area contributed by atoms with Gasteiger partial charge in [0, 0.05) is 18.1 Å². The van der Waals surface area contributed by atoms with Gasteiger partial charge < -0.3 is 10.2 Å². The number of thiophene rings is 1. The molecule has 0 saturated heterocycles. The van der Waals surface area contributed by atoms with Gasteiger partial charge in [0.25, 0.3) is 5.91 Å². The summed E-state index contributed by atoms with van der Waals surface area (Å²) in [5, 5.41) is 3.82. The number of aryl methyl sites for hydroxylation is 2. The Morgan fingerprint density at radius 1 is 1.38 bits per heavy atom. The minimum atomic E-state index is -0.425. The molecule has 0 bridgehead atoms. The average Bonchev–Trinajstić information content (AvgIpc) is 2.73. The molecule has 21 heavy (non-hydrogen) atoms. The number of likely N-dealkylation sites (N-methyl/N-ethyl adjacent to an activating group) is 1. The molecule has 0 saturated carbocycles. The van der Waals surface area contributed by atoms with Gasteiger partial charge in [0.2, 0.25) is 5.91 Å². The third-order valence-electron chi connectivity index (χ3n) is 3.91. The van der Waals surface area contributed by atoms with E-state index in [4.69, 9.17) is 0 Å². The summed E-state index contributed by atoms with van der Waals surface area (Å²) >= 11 is 1.35. The number of hydrogen-bond donors (Lipinski definition) is 1. The molecule has 0 spiro atoms. The molecule has 6 heteroatoms. The second kappa shape index (κ2) is 4.80. The fourth-order valence-corrected chi connectivity index (χ4v) is 4.09. The number of carbonyl (C=O) groups is 2. The van der Waals surface area contributed by atoms with Gasteiger partial charge in [-0.2, -0.15) is 0 Å². The minimum absolute atomic E-state index is 0.116. The van der Waals surface area contributed by atoms with Gasteiger partial charge in [-0.25, -0.2) is 4.98 Å². The summed E-state index contributed by atoms with van der Waals surface area (Å²) in [5.74, 6) is -0.248. The largest absolute Gasteiger partial charge is 0.329 e. The molecule has 1 unspecified atom stereocenters.